The molecule has 0 aromatic carbocycles. The van der Waals surface area contributed by atoms with Crippen LogP contribution < -0.4 is 0 Å². The summed E-state index contributed by atoms with van der Waals surface area (Å²) in [6.45, 7) is 4.43. The molecule has 0 aromatic rings. The van der Waals surface area contributed by atoms with Gasteiger partial charge in [-0.25, -0.2) is 14.4 Å². The Balaban J connectivity index is 0.000000299. The van der Waals surface area contributed by atoms with Crippen LogP contribution in [0.15, 0.2) is 0 Å². The molecule has 3 aliphatic rings. The molecule has 0 aliphatic carbocycles. The van der Waals surface area contributed by atoms with Crippen LogP contribution in [0.2, 0.25) is 0 Å². The predicted molar refractivity (Wildman–Crippen MR) is 119 cm³/mol. The highest BCUT2D eigenvalue weighted by Crippen LogP contribution is 2.14. The third kappa shape index (κ3) is 10.7. The molecule has 214 valence electrons. The van der Waals surface area contributed by atoms with Gasteiger partial charge in [-0.05, 0) is 6.92 Å². The lowest BCUT2D eigenvalue weighted by atomic mass is 10.3. The molecule has 3 heterocycles. The number of hydrogen-bond acceptors (Lipinski definition) is 14. The van der Waals surface area contributed by atoms with E-state index in [0.29, 0.717) is 15.2 Å². The summed E-state index contributed by atoms with van der Waals surface area (Å²) in [4.78, 5) is 121. The number of hydroxylamine groups is 6. The average molecular weight is 557 g/mol. The summed E-state index contributed by atoms with van der Waals surface area (Å²) in [6.07, 6.45) is -0.0896. The van der Waals surface area contributed by atoms with E-state index in [0.717, 1.165) is 6.92 Å². The summed E-state index contributed by atoms with van der Waals surface area (Å²) in [5.74, 6) is -4.89. The topological polar surface area (TPSA) is 217 Å². The van der Waals surface area contributed by atoms with E-state index < -0.39 is 59.5 Å². The second-order valence-electron chi connectivity index (χ2n) is 7.86. The van der Waals surface area contributed by atoms with Crippen molar-refractivity contribution in [3.05, 3.63) is 0 Å². The zero-order valence-electron chi connectivity index (χ0n) is 21.4. The van der Waals surface area contributed by atoms with Crippen molar-refractivity contribution >= 4 is 59.8 Å². The summed E-state index contributed by atoms with van der Waals surface area (Å²) in [6, 6.07) is 0. The van der Waals surface area contributed by atoms with Gasteiger partial charge in [0.05, 0.1) is 6.42 Å². The van der Waals surface area contributed by atoms with E-state index in [2.05, 4.69) is 19.2 Å². The Morgan fingerprint density at radius 3 is 1.33 bits per heavy atom. The molecule has 17 nitrogen and oxygen atoms in total. The minimum absolute atomic E-state index is 0.0481. The van der Waals surface area contributed by atoms with E-state index in [1.165, 1.54) is 6.92 Å². The van der Waals surface area contributed by atoms with Crippen LogP contribution in [0.4, 0.5) is 0 Å². The fourth-order valence-corrected chi connectivity index (χ4v) is 2.79. The number of imide groups is 3. The van der Waals surface area contributed by atoms with Crippen molar-refractivity contribution < 1.29 is 67.2 Å². The Kier molecular flexibility index (Phi) is 12.9. The van der Waals surface area contributed by atoms with Gasteiger partial charge in [-0.3, -0.25) is 33.6 Å². The molecule has 0 bridgehead atoms. The summed E-state index contributed by atoms with van der Waals surface area (Å²) >= 11 is 0. The van der Waals surface area contributed by atoms with Gasteiger partial charge in [-0.15, -0.1) is 15.2 Å². The zero-order chi connectivity index (χ0) is 29.7. The van der Waals surface area contributed by atoms with E-state index >= 15 is 0 Å². The number of hydrogen-bond donors (Lipinski definition) is 0. The van der Waals surface area contributed by atoms with Gasteiger partial charge in [0.25, 0.3) is 41.9 Å². The quantitative estimate of drug-likeness (QED) is 0.263. The Hall–Kier alpha value is -4.70. The van der Waals surface area contributed by atoms with Crippen LogP contribution in [0, 0.1) is 0 Å². The molecule has 0 radical (unpaired) electrons. The Bertz CT molecular complexity index is 991. The van der Waals surface area contributed by atoms with Crippen molar-refractivity contribution in [1.29, 1.82) is 0 Å². The molecule has 1 atom stereocenters. The average Bonchev–Trinajstić information content (AvgIpc) is 3.47. The second-order valence-corrected chi connectivity index (χ2v) is 7.86. The highest BCUT2D eigenvalue weighted by molar-refractivity contribution is 6.02. The van der Waals surface area contributed by atoms with Crippen molar-refractivity contribution in [2.75, 3.05) is 0 Å². The molecule has 0 aromatic heterocycles. The van der Waals surface area contributed by atoms with Gasteiger partial charge in [-0.2, -0.15) is 0 Å². The number of rotatable bonds is 8. The van der Waals surface area contributed by atoms with Crippen LogP contribution in [0.3, 0.4) is 0 Å². The first-order chi connectivity index (χ1) is 18.3. The molecule has 3 fully saturated rings. The van der Waals surface area contributed by atoms with Gasteiger partial charge in [0.1, 0.15) is 6.10 Å². The summed E-state index contributed by atoms with van der Waals surface area (Å²) < 4.78 is 4.46. The normalized spacial score (nSPS) is 17.2. The van der Waals surface area contributed by atoms with Crippen molar-refractivity contribution in [2.24, 2.45) is 0 Å². The van der Waals surface area contributed by atoms with E-state index in [1.54, 1.807) is 6.92 Å². The zero-order valence-corrected chi connectivity index (χ0v) is 21.4. The number of nitrogens with zero attached hydrogens (tertiary/aromatic N) is 3. The van der Waals surface area contributed by atoms with Gasteiger partial charge in [0.15, 0.2) is 0 Å². The summed E-state index contributed by atoms with van der Waals surface area (Å²) in [5, 5.41) is 1.52. The molecule has 3 aliphatic heterocycles. The van der Waals surface area contributed by atoms with E-state index in [9.17, 15) is 47.9 Å². The monoisotopic (exact) mass is 557 g/mol. The maximum absolute atomic E-state index is 11.2. The maximum atomic E-state index is 11.2. The highest BCUT2D eigenvalue weighted by atomic mass is 16.7. The van der Waals surface area contributed by atoms with E-state index in [4.69, 9.17) is 0 Å². The predicted octanol–water partition coefficient (Wildman–Crippen LogP) is -0.838. The minimum Gasteiger partial charge on any atom is -0.464 e. The lowest BCUT2D eigenvalue weighted by Gasteiger charge is -2.14. The lowest BCUT2D eigenvalue weighted by molar-refractivity contribution is -0.199. The van der Waals surface area contributed by atoms with Crippen molar-refractivity contribution in [3.8, 4) is 0 Å². The minimum atomic E-state index is -0.794. The molecule has 1 unspecified atom stereocenters. The molecule has 39 heavy (non-hydrogen) atoms. The van der Waals surface area contributed by atoms with Crippen molar-refractivity contribution in [2.45, 2.75) is 78.2 Å². The second kappa shape index (κ2) is 15.5. The van der Waals surface area contributed by atoms with Gasteiger partial charge >= 0.3 is 17.9 Å². The molecule has 17 heteroatoms. The molecule has 0 saturated carbocycles. The van der Waals surface area contributed by atoms with Crippen LogP contribution >= 0.6 is 0 Å². The van der Waals surface area contributed by atoms with E-state index in [-0.39, 0.29) is 57.8 Å². The van der Waals surface area contributed by atoms with Crippen LogP contribution in [0.1, 0.15) is 72.1 Å². The Morgan fingerprint density at radius 2 is 1.03 bits per heavy atom. The van der Waals surface area contributed by atoms with Crippen LogP contribution in [0.25, 0.3) is 0 Å². The number of ether oxygens (including phenoxy) is 1. The number of carbonyl (C=O) groups is 10. The van der Waals surface area contributed by atoms with Gasteiger partial charge in [-0.1, -0.05) is 6.92 Å². The largest absolute Gasteiger partial charge is 0.464 e. The number of carbonyl (C=O) groups excluding carboxylic acids is 10. The molecule has 3 saturated heterocycles. The fourth-order valence-electron chi connectivity index (χ4n) is 2.79. The molecule has 0 N–H and O–H groups in total. The SMILES string of the molecule is CC(=O)ON1C(=O)CCC1=O.CC(CC(=O)ON1C(=O)CCC1=O)OC=O.CCC(=O)ON1C(=O)CCC1=O. The fraction of sp³-hybridized carbons (Fsp3) is 0.545. The van der Waals surface area contributed by atoms with Gasteiger partial charge in [0, 0.05) is 51.9 Å². The first kappa shape index (κ1) is 32.3. The van der Waals surface area contributed by atoms with Crippen LogP contribution in [0.5, 0.6) is 0 Å². The van der Waals surface area contributed by atoms with Crippen LogP contribution in [-0.2, 0) is 67.2 Å². The maximum Gasteiger partial charge on any atom is 0.336 e. The molecule has 3 rings (SSSR count). The van der Waals surface area contributed by atoms with E-state index in [1.807, 2.05) is 0 Å². The van der Waals surface area contributed by atoms with Crippen LogP contribution in [-0.4, -0.2) is 81.1 Å². The third-order valence-electron chi connectivity index (χ3n) is 4.65. The highest BCUT2D eigenvalue weighted by Gasteiger charge is 2.34. The van der Waals surface area contributed by atoms with Crippen molar-refractivity contribution in [1.82, 2.24) is 15.2 Å². The van der Waals surface area contributed by atoms with Gasteiger partial charge < -0.3 is 19.2 Å². The number of amides is 6. The molecular formula is C22H27N3O14. The summed E-state index contributed by atoms with van der Waals surface area (Å²) in [7, 11) is 0. The Morgan fingerprint density at radius 1 is 0.692 bits per heavy atom. The molecular weight excluding hydrogens is 530 g/mol. The first-order valence-electron chi connectivity index (χ1n) is 11.6. The summed E-state index contributed by atoms with van der Waals surface area (Å²) in [5.41, 5.74) is 0. The smallest absolute Gasteiger partial charge is 0.336 e. The molecule has 6 amide bonds. The lowest BCUT2D eigenvalue weighted by Crippen LogP contribution is -2.33. The first-order valence-corrected chi connectivity index (χ1v) is 11.6. The Labute approximate surface area is 221 Å². The van der Waals surface area contributed by atoms with Gasteiger partial charge in [0.2, 0.25) is 0 Å². The standard InChI is InChI=1S/C9H11NO6.C7H9NO4.C6H7NO4/c1-6(15-5-11)4-9(14)16-10-7(12)2-3-8(10)13;1-2-7(11)12-8-5(9)3-4-6(8)10;1-4(8)11-7-5(9)2-3-6(7)10/h5-6H,2-4H2,1H3;2-4H2,1H3;2-3H2,1H3. The van der Waals surface area contributed by atoms with Crippen molar-refractivity contribution in [3.63, 3.8) is 0 Å². The third-order valence-corrected chi connectivity index (χ3v) is 4.65. The molecule has 0 spiro atoms.